The first kappa shape index (κ1) is 10.2. The zero-order valence-corrected chi connectivity index (χ0v) is 8.99. The minimum Gasteiger partial charge on any atom is -0.481 e. The van der Waals surface area contributed by atoms with Crippen molar-refractivity contribution in [2.75, 3.05) is 0 Å². The lowest BCUT2D eigenvalue weighted by Crippen LogP contribution is -2.16. The molecule has 1 heterocycles. The van der Waals surface area contributed by atoms with Crippen LogP contribution >= 0.6 is 0 Å². The van der Waals surface area contributed by atoms with Crippen LogP contribution in [-0.2, 0) is 11.2 Å². The summed E-state index contributed by atoms with van der Waals surface area (Å²) in [6.45, 7) is 3.99. The van der Waals surface area contributed by atoms with Gasteiger partial charge in [-0.25, -0.2) is 4.98 Å². The van der Waals surface area contributed by atoms with Gasteiger partial charge < -0.3 is 9.52 Å². The van der Waals surface area contributed by atoms with Gasteiger partial charge in [0.2, 0.25) is 0 Å². The molecule has 1 aliphatic rings. The first-order valence-corrected chi connectivity index (χ1v) is 5.32. The standard InChI is InChI=1S/C11H15NO3/c1-6(2)10-12-8-5-3-4-7(11(13)14)9(8)15-10/h6-7H,3-5H2,1-2H3,(H,13,14). The van der Waals surface area contributed by atoms with E-state index in [1.807, 2.05) is 13.8 Å². The molecule has 1 aromatic heterocycles. The van der Waals surface area contributed by atoms with Crippen molar-refractivity contribution in [3.63, 3.8) is 0 Å². The van der Waals surface area contributed by atoms with E-state index in [2.05, 4.69) is 4.98 Å². The van der Waals surface area contributed by atoms with Crippen LogP contribution in [-0.4, -0.2) is 16.1 Å². The number of aliphatic carboxylic acids is 1. The molecule has 0 saturated heterocycles. The smallest absolute Gasteiger partial charge is 0.314 e. The van der Waals surface area contributed by atoms with Crippen LogP contribution in [0, 0.1) is 0 Å². The van der Waals surface area contributed by atoms with E-state index in [9.17, 15) is 4.79 Å². The van der Waals surface area contributed by atoms with Gasteiger partial charge in [-0.15, -0.1) is 0 Å². The van der Waals surface area contributed by atoms with Gasteiger partial charge in [0.1, 0.15) is 11.7 Å². The van der Waals surface area contributed by atoms with Gasteiger partial charge in [0.25, 0.3) is 0 Å². The highest BCUT2D eigenvalue weighted by atomic mass is 16.4. The largest absolute Gasteiger partial charge is 0.481 e. The molecule has 1 aromatic rings. The van der Waals surface area contributed by atoms with Crippen LogP contribution in [0.3, 0.4) is 0 Å². The van der Waals surface area contributed by atoms with Gasteiger partial charge in [0.05, 0.1) is 5.69 Å². The molecule has 1 atom stereocenters. The second-order valence-corrected chi connectivity index (χ2v) is 4.30. The average molecular weight is 209 g/mol. The van der Waals surface area contributed by atoms with Gasteiger partial charge in [-0.05, 0) is 19.3 Å². The van der Waals surface area contributed by atoms with Crippen LogP contribution in [0.1, 0.15) is 55.9 Å². The predicted octanol–water partition coefficient (Wildman–Crippen LogP) is 2.30. The molecule has 15 heavy (non-hydrogen) atoms. The Kier molecular flexibility index (Phi) is 2.50. The number of rotatable bonds is 2. The van der Waals surface area contributed by atoms with Gasteiger partial charge >= 0.3 is 5.97 Å². The molecule has 0 aliphatic heterocycles. The maximum absolute atomic E-state index is 11.0. The molecule has 0 fully saturated rings. The molecule has 1 N–H and O–H groups in total. The van der Waals surface area contributed by atoms with Crippen molar-refractivity contribution in [2.45, 2.75) is 44.9 Å². The minimum absolute atomic E-state index is 0.213. The van der Waals surface area contributed by atoms with E-state index in [0.29, 0.717) is 18.1 Å². The Bertz CT molecular complexity index is 381. The fourth-order valence-electron chi connectivity index (χ4n) is 1.92. The third-order valence-corrected chi connectivity index (χ3v) is 2.76. The van der Waals surface area contributed by atoms with Gasteiger partial charge in [-0.3, -0.25) is 4.79 Å². The van der Waals surface area contributed by atoms with Crippen molar-refractivity contribution in [1.29, 1.82) is 0 Å². The fourth-order valence-corrected chi connectivity index (χ4v) is 1.92. The van der Waals surface area contributed by atoms with Crippen LogP contribution in [0.2, 0.25) is 0 Å². The summed E-state index contributed by atoms with van der Waals surface area (Å²) >= 11 is 0. The van der Waals surface area contributed by atoms with E-state index in [0.717, 1.165) is 18.5 Å². The summed E-state index contributed by atoms with van der Waals surface area (Å²) in [5.74, 6) is 0.159. The lowest BCUT2D eigenvalue weighted by Gasteiger charge is -2.15. The first-order valence-electron chi connectivity index (χ1n) is 5.32. The molecule has 82 valence electrons. The highest BCUT2D eigenvalue weighted by Gasteiger charge is 2.31. The van der Waals surface area contributed by atoms with Crippen LogP contribution in [0.25, 0.3) is 0 Å². The second kappa shape index (κ2) is 3.68. The average Bonchev–Trinajstić information content (AvgIpc) is 2.60. The summed E-state index contributed by atoms with van der Waals surface area (Å²) in [6, 6.07) is 0. The van der Waals surface area contributed by atoms with Crippen molar-refractivity contribution >= 4 is 5.97 Å². The Morgan fingerprint density at radius 1 is 1.60 bits per heavy atom. The van der Waals surface area contributed by atoms with Gasteiger partial charge in [0, 0.05) is 5.92 Å². The van der Waals surface area contributed by atoms with Crippen molar-refractivity contribution in [3.8, 4) is 0 Å². The number of carbonyl (C=O) groups is 1. The first-order chi connectivity index (χ1) is 7.09. The molecule has 4 nitrogen and oxygen atoms in total. The van der Waals surface area contributed by atoms with Crippen molar-refractivity contribution < 1.29 is 14.3 Å². The van der Waals surface area contributed by atoms with Crippen LogP contribution in [0.15, 0.2) is 4.42 Å². The molecule has 1 unspecified atom stereocenters. The monoisotopic (exact) mass is 209 g/mol. The number of nitrogens with zero attached hydrogens (tertiary/aromatic N) is 1. The lowest BCUT2D eigenvalue weighted by atomic mass is 9.91. The minimum atomic E-state index is -0.803. The van der Waals surface area contributed by atoms with Crippen molar-refractivity contribution in [1.82, 2.24) is 4.98 Å². The predicted molar refractivity (Wildman–Crippen MR) is 53.9 cm³/mol. The lowest BCUT2D eigenvalue weighted by molar-refractivity contribution is -0.139. The van der Waals surface area contributed by atoms with Crippen molar-refractivity contribution in [2.24, 2.45) is 0 Å². The molecule has 0 radical (unpaired) electrons. The molecule has 2 rings (SSSR count). The van der Waals surface area contributed by atoms with Crippen molar-refractivity contribution in [3.05, 3.63) is 17.3 Å². The van der Waals surface area contributed by atoms with Crippen LogP contribution in [0.4, 0.5) is 0 Å². The number of aryl methyl sites for hydroxylation is 1. The third kappa shape index (κ3) is 1.76. The molecule has 0 spiro atoms. The quantitative estimate of drug-likeness (QED) is 0.811. The summed E-state index contributed by atoms with van der Waals surface area (Å²) in [5.41, 5.74) is 0.845. The Balaban J connectivity index is 2.38. The van der Waals surface area contributed by atoms with Crippen LogP contribution < -0.4 is 0 Å². The summed E-state index contributed by atoms with van der Waals surface area (Å²) < 4.78 is 5.55. The molecule has 0 aromatic carbocycles. The molecule has 0 saturated carbocycles. The van der Waals surface area contributed by atoms with E-state index < -0.39 is 11.9 Å². The second-order valence-electron chi connectivity index (χ2n) is 4.30. The topological polar surface area (TPSA) is 63.3 Å². The Labute approximate surface area is 88.3 Å². The van der Waals surface area contributed by atoms with Gasteiger partial charge in [0.15, 0.2) is 5.89 Å². The zero-order chi connectivity index (χ0) is 11.0. The van der Waals surface area contributed by atoms with E-state index in [1.54, 1.807) is 0 Å². The zero-order valence-electron chi connectivity index (χ0n) is 8.99. The number of carboxylic acid groups (broad SMARTS) is 1. The Morgan fingerprint density at radius 2 is 2.33 bits per heavy atom. The van der Waals surface area contributed by atoms with Gasteiger partial charge in [-0.1, -0.05) is 13.8 Å². The van der Waals surface area contributed by atoms with E-state index in [1.165, 1.54) is 0 Å². The number of aromatic nitrogens is 1. The third-order valence-electron chi connectivity index (χ3n) is 2.76. The number of fused-ring (bicyclic) bond motifs is 1. The summed E-state index contributed by atoms with van der Waals surface area (Å²) in [7, 11) is 0. The molecular formula is C11H15NO3. The number of hydrogen-bond donors (Lipinski definition) is 1. The molecule has 4 heteroatoms. The fraction of sp³-hybridized carbons (Fsp3) is 0.636. The molecule has 1 aliphatic carbocycles. The summed E-state index contributed by atoms with van der Waals surface area (Å²) in [6.07, 6.45) is 2.39. The van der Waals surface area contributed by atoms with E-state index in [-0.39, 0.29) is 5.92 Å². The number of hydrogen-bond acceptors (Lipinski definition) is 3. The highest BCUT2D eigenvalue weighted by molar-refractivity contribution is 5.75. The maximum atomic E-state index is 11.0. The summed E-state index contributed by atoms with van der Waals surface area (Å²) in [5, 5.41) is 9.05. The SMILES string of the molecule is CC(C)c1nc2c(o1)C(C(=O)O)CCC2. The summed E-state index contributed by atoms with van der Waals surface area (Å²) in [4.78, 5) is 15.4. The Morgan fingerprint density at radius 3 is 2.93 bits per heavy atom. The highest BCUT2D eigenvalue weighted by Crippen LogP contribution is 2.33. The Hall–Kier alpha value is -1.32. The molecule has 0 bridgehead atoms. The number of carboxylic acids is 1. The maximum Gasteiger partial charge on any atom is 0.314 e. The van der Waals surface area contributed by atoms with E-state index >= 15 is 0 Å². The molecular weight excluding hydrogens is 194 g/mol. The van der Waals surface area contributed by atoms with Crippen LogP contribution in [0.5, 0.6) is 0 Å². The molecule has 0 amide bonds. The van der Waals surface area contributed by atoms with E-state index in [4.69, 9.17) is 9.52 Å². The van der Waals surface area contributed by atoms with Gasteiger partial charge in [-0.2, -0.15) is 0 Å². The normalized spacial score (nSPS) is 20.3. The number of oxazole rings is 1.